The summed E-state index contributed by atoms with van der Waals surface area (Å²) in [5.74, 6) is 1.88. The van der Waals surface area contributed by atoms with Crippen LogP contribution in [0.15, 0.2) is 31.1 Å². The number of nitrogens with zero attached hydrogens (tertiary/aromatic N) is 6. The van der Waals surface area contributed by atoms with Crippen molar-refractivity contribution >= 4 is 11.7 Å². The minimum Gasteiger partial charge on any atom is -0.353 e. The average molecular weight is 314 g/mol. The van der Waals surface area contributed by atoms with Crippen molar-refractivity contribution in [1.82, 2.24) is 24.4 Å². The highest BCUT2D eigenvalue weighted by molar-refractivity contribution is 5.81. The molecule has 1 aliphatic rings. The first-order valence-corrected chi connectivity index (χ1v) is 7.80. The topological polar surface area (TPSA) is 67.2 Å². The van der Waals surface area contributed by atoms with Crippen LogP contribution < -0.4 is 4.90 Å². The third-order valence-corrected chi connectivity index (χ3v) is 3.94. The molecule has 0 atom stereocenters. The summed E-state index contributed by atoms with van der Waals surface area (Å²) in [5, 5.41) is 0. The highest BCUT2D eigenvalue weighted by Gasteiger charge is 2.30. The van der Waals surface area contributed by atoms with Gasteiger partial charge in [-0.15, -0.1) is 0 Å². The van der Waals surface area contributed by atoms with Gasteiger partial charge < -0.3 is 9.80 Å². The number of carbonyl (C=O) groups is 1. The van der Waals surface area contributed by atoms with E-state index in [1.54, 1.807) is 18.9 Å². The van der Waals surface area contributed by atoms with Gasteiger partial charge in [-0.1, -0.05) is 20.8 Å². The van der Waals surface area contributed by atoms with Gasteiger partial charge in [0, 0.05) is 50.1 Å². The van der Waals surface area contributed by atoms with Crippen LogP contribution in [0.4, 0.5) is 5.82 Å². The summed E-state index contributed by atoms with van der Waals surface area (Å²) in [6.45, 7) is 8.89. The zero-order valence-corrected chi connectivity index (χ0v) is 13.8. The van der Waals surface area contributed by atoms with Crippen molar-refractivity contribution in [2.24, 2.45) is 5.41 Å². The van der Waals surface area contributed by atoms with Crippen LogP contribution in [0.3, 0.4) is 0 Å². The van der Waals surface area contributed by atoms with Gasteiger partial charge in [0.25, 0.3) is 0 Å². The van der Waals surface area contributed by atoms with Gasteiger partial charge >= 0.3 is 0 Å². The maximum atomic E-state index is 12.3. The highest BCUT2D eigenvalue weighted by Crippen LogP contribution is 2.21. The Morgan fingerprint density at radius 2 is 1.78 bits per heavy atom. The standard InChI is InChI=1S/C16H22N6O/c1-16(2,3)15(23)21-8-6-20(7-9-21)13-10-14(19-11-18-13)22-5-4-17-12-22/h4-5,10-12H,6-9H2,1-3H3. The minimum atomic E-state index is -0.328. The first kappa shape index (κ1) is 15.5. The van der Waals surface area contributed by atoms with Gasteiger partial charge in [-0.05, 0) is 0 Å². The number of imidazole rings is 1. The van der Waals surface area contributed by atoms with Crippen LogP contribution in [0.5, 0.6) is 0 Å². The first-order valence-electron chi connectivity index (χ1n) is 7.80. The fourth-order valence-electron chi connectivity index (χ4n) is 2.66. The molecular formula is C16H22N6O. The van der Waals surface area contributed by atoms with Crippen LogP contribution in [-0.4, -0.2) is 56.5 Å². The van der Waals surface area contributed by atoms with Crippen LogP contribution in [-0.2, 0) is 4.79 Å². The monoisotopic (exact) mass is 314 g/mol. The summed E-state index contributed by atoms with van der Waals surface area (Å²) in [4.78, 5) is 29.2. The van der Waals surface area contributed by atoms with E-state index in [4.69, 9.17) is 0 Å². The molecule has 1 aliphatic heterocycles. The number of carbonyl (C=O) groups excluding carboxylic acids is 1. The summed E-state index contributed by atoms with van der Waals surface area (Å²) in [6.07, 6.45) is 6.86. The highest BCUT2D eigenvalue weighted by atomic mass is 16.2. The molecule has 2 aromatic heterocycles. The number of amides is 1. The molecule has 0 spiro atoms. The Labute approximate surface area is 136 Å². The molecule has 1 amide bonds. The predicted octanol–water partition coefficient (Wildman–Crippen LogP) is 1.36. The van der Waals surface area contributed by atoms with Gasteiger partial charge in [0.2, 0.25) is 5.91 Å². The maximum absolute atomic E-state index is 12.3. The molecule has 7 heteroatoms. The molecule has 0 unspecified atom stereocenters. The van der Waals surface area contributed by atoms with E-state index >= 15 is 0 Å². The van der Waals surface area contributed by atoms with Crippen molar-refractivity contribution in [2.45, 2.75) is 20.8 Å². The second kappa shape index (κ2) is 5.98. The van der Waals surface area contributed by atoms with E-state index in [0.29, 0.717) is 0 Å². The lowest BCUT2D eigenvalue weighted by atomic mass is 9.94. The number of aromatic nitrogens is 4. The zero-order chi connectivity index (χ0) is 16.4. The van der Waals surface area contributed by atoms with Crippen LogP contribution in [0.2, 0.25) is 0 Å². The third-order valence-electron chi connectivity index (χ3n) is 3.94. The average Bonchev–Trinajstić information content (AvgIpc) is 3.08. The van der Waals surface area contributed by atoms with Crippen molar-refractivity contribution in [3.63, 3.8) is 0 Å². The van der Waals surface area contributed by atoms with E-state index in [1.807, 2.05) is 42.5 Å². The number of rotatable bonds is 2. The van der Waals surface area contributed by atoms with Gasteiger partial charge in [0.05, 0.1) is 0 Å². The van der Waals surface area contributed by atoms with Crippen LogP contribution in [0, 0.1) is 5.41 Å². The van der Waals surface area contributed by atoms with Crippen LogP contribution in [0.25, 0.3) is 5.82 Å². The molecule has 3 rings (SSSR count). The molecule has 122 valence electrons. The second-order valence-electron chi connectivity index (χ2n) is 6.73. The fourth-order valence-corrected chi connectivity index (χ4v) is 2.66. The lowest BCUT2D eigenvalue weighted by Gasteiger charge is -2.38. The van der Waals surface area contributed by atoms with Gasteiger partial charge in [-0.25, -0.2) is 15.0 Å². The Morgan fingerprint density at radius 1 is 1.09 bits per heavy atom. The van der Waals surface area contributed by atoms with Gasteiger partial charge in [-0.2, -0.15) is 0 Å². The maximum Gasteiger partial charge on any atom is 0.228 e. The molecule has 23 heavy (non-hydrogen) atoms. The molecule has 0 aliphatic carbocycles. The SMILES string of the molecule is CC(C)(C)C(=O)N1CCN(c2cc(-n3ccnc3)ncn2)CC1. The largest absolute Gasteiger partial charge is 0.353 e. The van der Waals surface area contributed by atoms with Crippen LogP contribution >= 0.6 is 0 Å². The van der Waals surface area contributed by atoms with Gasteiger partial charge in [-0.3, -0.25) is 9.36 Å². The van der Waals surface area contributed by atoms with E-state index < -0.39 is 0 Å². The Bertz CT molecular complexity index is 668. The molecule has 1 saturated heterocycles. The number of hydrogen-bond acceptors (Lipinski definition) is 5. The summed E-state index contributed by atoms with van der Waals surface area (Å²) in [7, 11) is 0. The number of hydrogen-bond donors (Lipinski definition) is 0. The Morgan fingerprint density at radius 3 is 2.39 bits per heavy atom. The second-order valence-corrected chi connectivity index (χ2v) is 6.73. The van der Waals surface area contributed by atoms with E-state index in [-0.39, 0.29) is 11.3 Å². The molecule has 0 aromatic carbocycles. The molecule has 1 fully saturated rings. The van der Waals surface area contributed by atoms with E-state index in [9.17, 15) is 4.79 Å². The molecular weight excluding hydrogens is 292 g/mol. The molecule has 7 nitrogen and oxygen atoms in total. The van der Waals surface area contributed by atoms with E-state index in [0.717, 1.165) is 37.8 Å². The Hall–Kier alpha value is -2.44. The molecule has 2 aromatic rings. The van der Waals surface area contributed by atoms with Crippen molar-refractivity contribution in [3.05, 3.63) is 31.1 Å². The summed E-state index contributed by atoms with van der Waals surface area (Å²) in [5.41, 5.74) is -0.328. The summed E-state index contributed by atoms with van der Waals surface area (Å²) >= 11 is 0. The lowest BCUT2D eigenvalue weighted by molar-refractivity contribution is -0.139. The van der Waals surface area contributed by atoms with E-state index in [1.165, 1.54) is 0 Å². The number of anilines is 1. The molecule has 0 radical (unpaired) electrons. The van der Waals surface area contributed by atoms with Crippen molar-refractivity contribution in [3.8, 4) is 5.82 Å². The van der Waals surface area contributed by atoms with E-state index in [2.05, 4.69) is 19.9 Å². The van der Waals surface area contributed by atoms with Crippen molar-refractivity contribution < 1.29 is 4.79 Å². The molecule has 0 saturated carbocycles. The quantitative estimate of drug-likeness (QED) is 0.837. The molecule has 0 bridgehead atoms. The number of piperazine rings is 1. The fraction of sp³-hybridized carbons (Fsp3) is 0.500. The Kier molecular flexibility index (Phi) is 4.02. The summed E-state index contributed by atoms with van der Waals surface area (Å²) in [6, 6.07) is 1.95. The first-order chi connectivity index (χ1) is 10.9. The molecule has 0 N–H and O–H groups in total. The summed E-state index contributed by atoms with van der Waals surface area (Å²) < 4.78 is 1.85. The predicted molar refractivity (Wildman–Crippen MR) is 87.4 cm³/mol. The third kappa shape index (κ3) is 3.33. The molecule has 3 heterocycles. The minimum absolute atomic E-state index is 0.207. The zero-order valence-electron chi connectivity index (χ0n) is 13.8. The van der Waals surface area contributed by atoms with Gasteiger partial charge in [0.15, 0.2) is 0 Å². The van der Waals surface area contributed by atoms with Crippen molar-refractivity contribution in [1.29, 1.82) is 0 Å². The van der Waals surface area contributed by atoms with Crippen LogP contribution in [0.1, 0.15) is 20.8 Å². The Balaban J connectivity index is 1.69. The smallest absolute Gasteiger partial charge is 0.228 e. The normalized spacial score (nSPS) is 15.8. The van der Waals surface area contributed by atoms with Crippen molar-refractivity contribution in [2.75, 3.05) is 31.1 Å². The van der Waals surface area contributed by atoms with Gasteiger partial charge in [0.1, 0.15) is 24.3 Å². The lowest BCUT2D eigenvalue weighted by Crippen LogP contribution is -2.51.